The van der Waals surface area contributed by atoms with Gasteiger partial charge in [0, 0.05) is 18.1 Å². The van der Waals surface area contributed by atoms with Gasteiger partial charge in [0.05, 0.1) is 0 Å². The number of carboxylic acids is 1. The molecule has 0 bridgehead atoms. The molecule has 0 radical (unpaired) electrons. The number of benzene rings is 1. The standard InChI is InChI=1S/C15H21NO2S/c17-15(18)14-12-19-11-10-16(14)9-5-4-8-13-6-2-1-3-7-13/h1-3,6-7,14H,4-5,8-12H2,(H,17,18). The van der Waals surface area contributed by atoms with Crippen LogP contribution in [0.4, 0.5) is 0 Å². The maximum Gasteiger partial charge on any atom is 0.321 e. The topological polar surface area (TPSA) is 40.5 Å². The number of rotatable bonds is 6. The van der Waals surface area contributed by atoms with Gasteiger partial charge in [-0.25, -0.2) is 0 Å². The van der Waals surface area contributed by atoms with Crippen LogP contribution >= 0.6 is 11.8 Å². The molecule has 1 unspecified atom stereocenters. The monoisotopic (exact) mass is 279 g/mol. The number of aliphatic carboxylic acids is 1. The molecule has 19 heavy (non-hydrogen) atoms. The normalized spacial score (nSPS) is 20.3. The summed E-state index contributed by atoms with van der Waals surface area (Å²) in [5.74, 6) is 1.12. The van der Waals surface area contributed by atoms with Crippen LogP contribution < -0.4 is 0 Å². The molecule has 1 aromatic carbocycles. The smallest absolute Gasteiger partial charge is 0.321 e. The van der Waals surface area contributed by atoms with E-state index in [4.69, 9.17) is 0 Å². The van der Waals surface area contributed by atoms with Crippen molar-refractivity contribution in [2.24, 2.45) is 0 Å². The Labute approximate surface area is 119 Å². The van der Waals surface area contributed by atoms with Crippen LogP contribution in [-0.2, 0) is 11.2 Å². The number of unbranched alkanes of at least 4 members (excludes halogenated alkanes) is 1. The Morgan fingerprint density at radius 2 is 2.11 bits per heavy atom. The van der Waals surface area contributed by atoms with E-state index in [2.05, 4.69) is 29.2 Å². The summed E-state index contributed by atoms with van der Waals surface area (Å²) in [6.45, 7) is 1.82. The summed E-state index contributed by atoms with van der Waals surface area (Å²) in [7, 11) is 0. The largest absolute Gasteiger partial charge is 0.480 e. The molecule has 4 heteroatoms. The maximum atomic E-state index is 11.2. The van der Waals surface area contributed by atoms with Crippen molar-refractivity contribution >= 4 is 17.7 Å². The van der Waals surface area contributed by atoms with Crippen LogP contribution in [0.2, 0.25) is 0 Å². The number of thioether (sulfide) groups is 1. The predicted molar refractivity (Wildman–Crippen MR) is 79.7 cm³/mol. The summed E-state index contributed by atoms with van der Waals surface area (Å²) in [6.07, 6.45) is 3.28. The molecule has 0 aromatic heterocycles. The number of carbonyl (C=O) groups is 1. The molecule has 0 spiro atoms. The van der Waals surface area contributed by atoms with Crippen molar-refractivity contribution in [2.45, 2.75) is 25.3 Å². The molecule has 3 nitrogen and oxygen atoms in total. The van der Waals surface area contributed by atoms with E-state index in [-0.39, 0.29) is 6.04 Å². The van der Waals surface area contributed by atoms with Crippen molar-refractivity contribution in [3.05, 3.63) is 35.9 Å². The van der Waals surface area contributed by atoms with Crippen LogP contribution in [0.5, 0.6) is 0 Å². The van der Waals surface area contributed by atoms with Gasteiger partial charge < -0.3 is 5.11 Å². The van der Waals surface area contributed by atoms with E-state index in [9.17, 15) is 9.90 Å². The molecule has 0 aliphatic carbocycles. The zero-order valence-electron chi connectivity index (χ0n) is 11.1. The highest BCUT2D eigenvalue weighted by molar-refractivity contribution is 7.99. The Morgan fingerprint density at radius 3 is 2.84 bits per heavy atom. The molecule has 0 saturated carbocycles. The van der Waals surface area contributed by atoms with E-state index in [1.807, 2.05) is 6.07 Å². The molecule has 1 saturated heterocycles. The second-order valence-electron chi connectivity index (χ2n) is 4.91. The first-order valence-corrected chi connectivity index (χ1v) is 8.01. The van der Waals surface area contributed by atoms with Crippen molar-refractivity contribution in [3.8, 4) is 0 Å². The third-order valence-corrected chi connectivity index (χ3v) is 4.55. The summed E-state index contributed by atoms with van der Waals surface area (Å²) in [5.41, 5.74) is 1.37. The van der Waals surface area contributed by atoms with E-state index in [0.29, 0.717) is 0 Å². The van der Waals surface area contributed by atoms with E-state index in [1.165, 1.54) is 5.56 Å². The van der Waals surface area contributed by atoms with Gasteiger partial charge in [0.25, 0.3) is 0 Å². The maximum absolute atomic E-state index is 11.2. The Balaban J connectivity index is 1.71. The second kappa shape index (κ2) is 7.56. The molecule has 1 N–H and O–H groups in total. The third kappa shape index (κ3) is 4.55. The Hall–Kier alpha value is -1.00. The molecular weight excluding hydrogens is 258 g/mol. The highest BCUT2D eigenvalue weighted by Gasteiger charge is 2.27. The highest BCUT2D eigenvalue weighted by Crippen LogP contribution is 2.17. The van der Waals surface area contributed by atoms with Crippen molar-refractivity contribution in [2.75, 3.05) is 24.6 Å². The molecule has 0 amide bonds. The molecule has 1 aliphatic heterocycles. The van der Waals surface area contributed by atoms with Crippen molar-refractivity contribution in [3.63, 3.8) is 0 Å². The summed E-state index contributed by atoms with van der Waals surface area (Å²) >= 11 is 1.75. The first-order chi connectivity index (χ1) is 9.27. The minimum atomic E-state index is -0.671. The second-order valence-corrected chi connectivity index (χ2v) is 6.06. The van der Waals surface area contributed by atoms with Gasteiger partial charge in [-0.05, 0) is 31.4 Å². The Bertz CT molecular complexity index is 396. The van der Waals surface area contributed by atoms with Gasteiger partial charge in [0.2, 0.25) is 0 Å². The molecule has 1 atom stereocenters. The van der Waals surface area contributed by atoms with Crippen molar-refractivity contribution < 1.29 is 9.90 Å². The fourth-order valence-corrected chi connectivity index (χ4v) is 3.53. The quantitative estimate of drug-likeness (QED) is 0.812. The first kappa shape index (κ1) is 14.4. The van der Waals surface area contributed by atoms with Gasteiger partial charge in [-0.2, -0.15) is 11.8 Å². The average Bonchev–Trinajstić information content (AvgIpc) is 2.45. The lowest BCUT2D eigenvalue weighted by molar-refractivity contribution is -0.142. The molecule has 104 valence electrons. The van der Waals surface area contributed by atoms with E-state index < -0.39 is 5.97 Å². The fourth-order valence-electron chi connectivity index (χ4n) is 2.42. The van der Waals surface area contributed by atoms with E-state index in [1.54, 1.807) is 11.8 Å². The third-order valence-electron chi connectivity index (χ3n) is 3.53. The average molecular weight is 279 g/mol. The molecule has 1 aliphatic rings. The van der Waals surface area contributed by atoms with Crippen LogP contribution in [0, 0.1) is 0 Å². The summed E-state index contributed by atoms with van der Waals surface area (Å²) in [5, 5.41) is 9.19. The summed E-state index contributed by atoms with van der Waals surface area (Å²) < 4.78 is 0. The zero-order valence-corrected chi connectivity index (χ0v) is 11.9. The van der Waals surface area contributed by atoms with Crippen LogP contribution in [0.25, 0.3) is 0 Å². The number of carboxylic acid groups (broad SMARTS) is 1. The van der Waals surface area contributed by atoms with Gasteiger partial charge in [0.1, 0.15) is 6.04 Å². The summed E-state index contributed by atoms with van der Waals surface area (Å²) in [6, 6.07) is 10.2. The van der Waals surface area contributed by atoms with Crippen LogP contribution in [0.1, 0.15) is 18.4 Å². The minimum absolute atomic E-state index is 0.282. The Kier molecular flexibility index (Phi) is 5.73. The lowest BCUT2D eigenvalue weighted by Gasteiger charge is -2.32. The van der Waals surface area contributed by atoms with Crippen molar-refractivity contribution in [1.82, 2.24) is 4.90 Å². The van der Waals surface area contributed by atoms with Gasteiger partial charge >= 0.3 is 5.97 Å². The first-order valence-electron chi connectivity index (χ1n) is 6.86. The molecule has 2 rings (SSSR count). The van der Waals surface area contributed by atoms with Crippen LogP contribution in [0.15, 0.2) is 30.3 Å². The predicted octanol–water partition coefficient (Wildman–Crippen LogP) is 2.51. The van der Waals surface area contributed by atoms with Crippen molar-refractivity contribution in [1.29, 1.82) is 0 Å². The lowest BCUT2D eigenvalue weighted by Crippen LogP contribution is -2.47. The highest BCUT2D eigenvalue weighted by atomic mass is 32.2. The molecule has 1 fully saturated rings. The van der Waals surface area contributed by atoms with Gasteiger partial charge in [-0.15, -0.1) is 0 Å². The SMILES string of the molecule is O=C(O)C1CSCCN1CCCCc1ccccc1. The number of aryl methyl sites for hydroxylation is 1. The number of hydrogen-bond donors (Lipinski definition) is 1. The molecule has 1 heterocycles. The lowest BCUT2D eigenvalue weighted by atomic mass is 10.1. The van der Waals surface area contributed by atoms with Crippen LogP contribution in [0.3, 0.4) is 0 Å². The number of hydrogen-bond acceptors (Lipinski definition) is 3. The Morgan fingerprint density at radius 1 is 1.32 bits per heavy atom. The van der Waals surface area contributed by atoms with Gasteiger partial charge in [-0.1, -0.05) is 30.3 Å². The van der Waals surface area contributed by atoms with Crippen LogP contribution in [-0.4, -0.2) is 46.6 Å². The molecule has 1 aromatic rings. The van der Waals surface area contributed by atoms with Gasteiger partial charge in [-0.3, -0.25) is 9.69 Å². The molecular formula is C15H21NO2S. The van der Waals surface area contributed by atoms with E-state index in [0.717, 1.165) is 43.9 Å². The number of nitrogens with zero attached hydrogens (tertiary/aromatic N) is 1. The summed E-state index contributed by atoms with van der Waals surface area (Å²) in [4.78, 5) is 13.3. The minimum Gasteiger partial charge on any atom is -0.480 e. The fraction of sp³-hybridized carbons (Fsp3) is 0.533. The van der Waals surface area contributed by atoms with Gasteiger partial charge in [0.15, 0.2) is 0 Å². The van der Waals surface area contributed by atoms with E-state index >= 15 is 0 Å². The zero-order chi connectivity index (χ0) is 13.5.